The molecule has 0 radical (unpaired) electrons. The highest BCUT2D eigenvalue weighted by molar-refractivity contribution is 5.92. The topological polar surface area (TPSA) is 79.8 Å². The summed E-state index contributed by atoms with van der Waals surface area (Å²) in [6.45, 7) is 8.73. The molecule has 0 atom stereocenters. The number of carbonyl (C=O) groups excluding carboxylic acids is 1. The van der Waals surface area contributed by atoms with Gasteiger partial charge in [-0.1, -0.05) is 39.0 Å². The van der Waals surface area contributed by atoms with Gasteiger partial charge in [0.1, 0.15) is 5.69 Å². The van der Waals surface area contributed by atoms with Crippen LogP contribution in [-0.2, 0) is 12.0 Å². The summed E-state index contributed by atoms with van der Waals surface area (Å²) in [7, 11) is 0. The number of rotatable bonds is 5. The number of carbonyl (C=O) groups is 1. The molecule has 3 rings (SSSR count). The molecule has 6 nitrogen and oxygen atoms in total. The first kappa shape index (κ1) is 19.5. The van der Waals surface area contributed by atoms with Crippen molar-refractivity contribution in [1.82, 2.24) is 20.3 Å². The van der Waals surface area contributed by atoms with Gasteiger partial charge in [0.2, 0.25) is 5.95 Å². The predicted molar refractivity (Wildman–Crippen MR) is 111 cm³/mol. The summed E-state index contributed by atoms with van der Waals surface area (Å²) < 4.78 is 0. The first-order valence-corrected chi connectivity index (χ1v) is 9.22. The van der Waals surface area contributed by atoms with Gasteiger partial charge in [0.15, 0.2) is 0 Å². The zero-order chi connectivity index (χ0) is 20.1. The average Bonchev–Trinajstić information content (AvgIpc) is 2.66. The van der Waals surface area contributed by atoms with Gasteiger partial charge in [-0.25, -0.2) is 9.97 Å². The fraction of sp³-hybridized carbons (Fsp3) is 0.273. The normalized spacial score (nSPS) is 11.1. The minimum absolute atomic E-state index is 0.0296. The molecule has 0 saturated carbocycles. The number of hydrogen-bond acceptors (Lipinski definition) is 5. The molecule has 0 saturated heterocycles. The number of anilines is 2. The van der Waals surface area contributed by atoms with Crippen LogP contribution in [0.1, 0.15) is 48.1 Å². The van der Waals surface area contributed by atoms with E-state index in [4.69, 9.17) is 0 Å². The largest absolute Gasteiger partial charge is 0.347 e. The Morgan fingerprint density at radius 2 is 1.75 bits per heavy atom. The Bertz CT molecular complexity index is 964. The number of aromatic nitrogens is 3. The van der Waals surface area contributed by atoms with Gasteiger partial charge in [0.25, 0.3) is 5.91 Å². The first-order valence-electron chi connectivity index (χ1n) is 9.22. The third-order valence-electron chi connectivity index (χ3n) is 4.27. The van der Waals surface area contributed by atoms with Crippen LogP contribution in [-0.4, -0.2) is 20.9 Å². The van der Waals surface area contributed by atoms with Crippen molar-refractivity contribution in [3.8, 4) is 0 Å². The van der Waals surface area contributed by atoms with Gasteiger partial charge >= 0.3 is 0 Å². The molecule has 28 heavy (non-hydrogen) atoms. The molecule has 0 aliphatic heterocycles. The van der Waals surface area contributed by atoms with Crippen molar-refractivity contribution in [1.29, 1.82) is 0 Å². The number of aryl methyl sites for hydroxylation is 1. The molecule has 1 amide bonds. The number of para-hydroxylation sites is 1. The number of nitrogens with zero attached hydrogens (tertiary/aromatic N) is 3. The van der Waals surface area contributed by atoms with Crippen molar-refractivity contribution < 1.29 is 4.79 Å². The second kappa shape index (κ2) is 8.17. The fourth-order valence-electron chi connectivity index (χ4n) is 2.88. The van der Waals surface area contributed by atoms with Gasteiger partial charge in [-0.05, 0) is 47.7 Å². The van der Waals surface area contributed by atoms with Crippen molar-refractivity contribution in [2.24, 2.45) is 0 Å². The van der Waals surface area contributed by atoms with Crippen LogP contribution in [0.25, 0.3) is 0 Å². The molecule has 6 heteroatoms. The van der Waals surface area contributed by atoms with Gasteiger partial charge in [-0.2, -0.15) is 0 Å². The molecule has 0 aliphatic rings. The highest BCUT2D eigenvalue weighted by Crippen LogP contribution is 2.30. The van der Waals surface area contributed by atoms with Gasteiger partial charge in [0.05, 0.1) is 0 Å². The summed E-state index contributed by atoms with van der Waals surface area (Å²) in [5.74, 6) is 0.167. The Hall–Kier alpha value is -3.28. The Kier molecular flexibility index (Phi) is 5.68. The van der Waals surface area contributed by atoms with E-state index >= 15 is 0 Å². The second-order valence-corrected chi connectivity index (χ2v) is 7.68. The third kappa shape index (κ3) is 4.91. The van der Waals surface area contributed by atoms with E-state index in [9.17, 15) is 4.79 Å². The average molecular weight is 375 g/mol. The lowest BCUT2D eigenvalue weighted by molar-refractivity contribution is 0.0945. The Morgan fingerprint density at radius 3 is 2.46 bits per heavy atom. The van der Waals surface area contributed by atoms with Crippen molar-refractivity contribution in [3.05, 3.63) is 77.4 Å². The van der Waals surface area contributed by atoms with Crippen LogP contribution in [0.3, 0.4) is 0 Å². The lowest BCUT2D eigenvalue weighted by atomic mass is 9.86. The lowest BCUT2D eigenvalue weighted by Crippen LogP contribution is -2.24. The number of benzene rings is 1. The van der Waals surface area contributed by atoms with E-state index in [1.165, 1.54) is 0 Å². The van der Waals surface area contributed by atoms with E-state index in [1.54, 1.807) is 18.5 Å². The van der Waals surface area contributed by atoms with E-state index in [0.29, 0.717) is 18.2 Å². The quantitative estimate of drug-likeness (QED) is 0.700. The summed E-state index contributed by atoms with van der Waals surface area (Å²) in [6.07, 6.45) is 3.40. The van der Waals surface area contributed by atoms with E-state index in [0.717, 1.165) is 22.5 Å². The fourth-order valence-corrected chi connectivity index (χ4v) is 2.88. The first-order chi connectivity index (χ1) is 13.3. The second-order valence-electron chi connectivity index (χ2n) is 7.68. The maximum Gasteiger partial charge on any atom is 0.270 e. The highest BCUT2D eigenvalue weighted by Gasteiger charge is 2.18. The van der Waals surface area contributed by atoms with Gasteiger partial charge in [0, 0.05) is 30.3 Å². The van der Waals surface area contributed by atoms with Crippen LogP contribution in [0.5, 0.6) is 0 Å². The van der Waals surface area contributed by atoms with Gasteiger partial charge in [-0.3, -0.25) is 9.78 Å². The molecule has 0 aliphatic carbocycles. The van der Waals surface area contributed by atoms with Crippen LogP contribution in [0.15, 0.2) is 54.9 Å². The molecule has 0 spiro atoms. The summed E-state index contributed by atoms with van der Waals surface area (Å²) in [5.41, 5.74) is 4.09. The van der Waals surface area contributed by atoms with Crippen LogP contribution in [0, 0.1) is 6.92 Å². The third-order valence-corrected chi connectivity index (χ3v) is 4.27. The molecule has 1 aromatic carbocycles. The van der Waals surface area contributed by atoms with Crippen LogP contribution >= 0.6 is 0 Å². The molecule has 144 valence electrons. The van der Waals surface area contributed by atoms with Crippen molar-refractivity contribution >= 4 is 17.5 Å². The standard InChI is InChI=1S/C22H25N5O/c1-15-13-19(20(28)24-14-16-9-11-23-12-10-16)27-21(25-15)26-18-8-6-5-7-17(18)22(2,3)4/h5-13H,14H2,1-4H3,(H,24,28)(H,25,26,27). The summed E-state index contributed by atoms with van der Waals surface area (Å²) in [5, 5.41) is 6.16. The molecule has 0 fully saturated rings. The SMILES string of the molecule is Cc1cc(C(=O)NCc2ccncc2)nc(Nc2ccccc2C(C)(C)C)n1. The van der Waals surface area contributed by atoms with Gasteiger partial charge < -0.3 is 10.6 Å². The minimum Gasteiger partial charge on any atom is -0.347 e. The monoisotopic (exact) mass is 375 g/mol. The zero-order valence-electron chi connectivity index (χ0n) is 16.7. The number of nitrogens with one attached hydrogen (secondary N) is 2. The van der Waals surface area contributed by atoms with E-state index in [1.807, 2.05) is 37.3 Å². The molecule has 2 aromatic heterocycles. The smallest absolute Gasteiger partial charge is 0.270 e. The van der Waals surface area contributed by atoms with Crippen molar-refractivity contribution in [3.63, 3.8) is 0 Å². The zero-order valence-corrected chi connectivity index (χ0v) is 16.7. The molecule has 0 unspecified atom stereocenters. The van der Waals surface area contributed by atoms with Crippen LogP contribution in [0.2, 0.25) is 0 Å². The Morgan fingerprint density at radius 1 is 1.04 bits per heavy atom. The lowest BCUT2D eigenvalue weighted by Gasteiger charge is -2.23. The highest BCUT2D eigenvalue weighted by atomic mass is 16.1. The molecule has 0 bridgehead atoms. The van der Waals surface area contributed by atoms with Crippen LogP contribution in [0.4, 0.5) is 11.6 Å². The number of pyridine rings is 1. The molecular weight excluding hydrogens is 350 g/mol. The minimum atomic E-state index is -0.241. The van der Waals surface area contributed by atoms with Crippen molar-refractivity contribution in [2.45, 2.75) is 39.7 Å². The number of hydrogen-bond donors (Lipinski definition) is 2. The predicted octanol–water partition coefficient (Wildman–Crippen LogP) is 4.15. The maximum atomic E-state index is 12.6. The molecule has 3 aromatic rings. The van der Waals surface area contributed by atoms with Gasteiger partial charge in [-0.15, -0.1) is 0 Å². The van der Waals surface area contributed by atoms with Crippen molar-refractivity contribution in [2.75, 3.05) is 5.32 Å². The molecule has 2 heterocycles. The summed E-state index contributed by atoms with van der Waals surface area (Å²) in [6, 6.07) is 13.5. The van der Waals surface area contributed by atoms with E-state index in [2.05, 4.69) is 52.4 Å². The molecule has 2 N–H and O–H groups in total. The summed E-state index contributed by atoms with van der Waals surface area (Å²) in [4.78, 5) is 25.4. The van der Waals surface area contributed by atoms with E-state index < -0.39 is 0 Å². The Labute approximate surface area is 165 Å². The van der Waals surface area contributed by atoms with Crippen LogP contribution < -0.4 is 10.6 Å². The number of amides is 1. The maximum absolute atomic E-state index is 12.6. The Balaban J connectivity index is 1.80. The summed E-state index contributed by atoms with van der Waals surface area (Å²) >= 11 is 0. The molecular formula is C22H25N5O. The van der Waals surface area contributed by atoms with E-state index in [-0.39, 0.29) is 11.3 Å².